The molecule has 1 aromatic heterocycles. The van der Waals surface area contributed by atoms with E-state index in [-0.39, 0.29) is 6.01 Å². The largest absolute Gasteiger partial charge is 0.422 e. The molecule has 0 amide bonds. The van der Waals surface area contributed by atoms with Crippen molar-refractivity contribution in [1.82, 2.24) is 14.8 Å². The predicted octanol–water partition coefficient (Wildman–Crippen LogP) is 3.30. The highest BCUT2D eigenvalue weighted by Crippen LogP contribution is 2.29. The van der Waals surface area contributed by atoms with E-state index in [0.29, 0.717) is 16.5 Å². The number of hydrogen-bond donors (Lipinski definition) is 1. The Morgan fingerprint density at radius 3 is 2.65 bits per heavy atom. The van der Waals surface area contributed by atoms with Crippen LogP contribution in [0, 0.1) is 0 Å². The highest BCUT2D eigenvalue weighted by Gasteiger charge is 2.08. The van der Waals surface area contributed by atoms with Gasteiger partial charge in [-0.15, -0.1) is 5.10 Å². The number of halogens is 1. The van der Waals surface area contributed by atoms with Gasteiger partial charge in [0.25, 0.3) is 0 Å². The minimum Gasteiger partial charge on any atom is -0.422 e. The zero-order valence-electron chi connectivity index (χ0n) is 10.4. The first-order valence-electron chi connectivity index (χ1n) is 5.92. The van der Waals surface area contributed by atoms with Crippen LogP contribution in [0.2, 0.25) is 5.02 Å². The van der Waals surface area contributed by atoms with Crippen LogP contribution in [0.5, 0.6) is 11.8 Å². The second-order valence-electron chi connectivity index (χ2n) is 4.10. The van der Waals surface area contributed by atoms with Crippen LogP contribution in [0.15, 0.2) is 54.9 Å². The van der Waals surface area contributed by atoms with E-state index >= 15 is 0 Å². The maximum Gasteiger partial charge on any atom is 0.341 e. The van der Waals surface area contributed by atoms with Gasteiger partial charge in [-0.05, 0) is 30.3 Å². The summed E-state index contributed by atoms with van der Waals surface area (Å²) in [6.07, 6.45) is 1.58. The van der Waals surface area contributed by atoms with E-state index in [4.69, 9.17) is 22.1 Å². The fourth-order valence-corrected chi connectivity index (χ4v) is 1.93. The topological polar surface area (TPSA) is 66.0 Å². The number of para-hydroxylation sites is 1. The molecule has 0 bridgehead atoms. The van der Waals surface area contributed by atoms with Crippen molar-refractivity contribution >= 4 is 17.3 Å². The quantitative estimate of drug-likeness (QED) is 0.750. The van der Waals surface area contributed by atoms with Crippen LogP contribution in [-0.4, -0.2) is 14.8 Å². The molecule has 0 aliphatic heterocycles. The van der Waals surface area contributed by atoms with Gasteiger partial charge in [-0.2, -0.15) is 4.98 Å². The van der Waals surface area contributed by atoms with Gasteiger partial charge < -0.3 is 10.5 Å². The van der Waals surface area contributed by atoms with Gasteiger partial charge >= 0.3 is 6.01 Å². The molecule has 2 aromatic carbocycles. The van der Waals surface area contributed by atoms with Crippen molar-refractivity contribution < 1.29 is 4.74 Å². The number of nitrogens with two attached hydrogens (primary N) is 1. The molecule has 0 fully saturated rings. The highest BCUT2D eigenvalue weighted by molar-refractivity contribution is 6.32. The maximum atomic E-state index is 6.04. The summed E-state index contributed by atoms with van der Waals surface area (Å²) in [6.45, 7) is 0. The van der Waals surface area contributed by atoms with Crippen molar-refractivity contribution in [3.8, 4) is 17.4 Å². The molecular formula is C14H11ClN4O. The Labute approximate surface area is 120 Å². The van der Waals surface area contributed by atoms with E-state index in [2.05, 4.69) is 10.1 Å². The summed E-state index contributed by atoms with van der Waals surface area (Å²) in [5.74, 6) is 0.465. The zero-order chi connectivity index (χ0) is 13.9. The minimum absolute atomic E-state index is 0.223. The molecule has 0 spiro atoms. The first-order valence-corrected chi connectivity index (χ1v) is 6.30. The molecule has 0 unspecified atom stereocenters. The molecule has 0 radical (unpaired) electrons. The molecule has 0 saturated heterocycles. The molecule has 100 valence electrons. The van der Waals surface area contributed by atoms with Gasteiger partial charge in [-0.25, -0.2) is 4.68 Å². The van der Waals surface area contributed by atoms with Crippen molar-refractivity contribution in [2.45, 2.75) is 0 Å². The summed E-state index contributed by atoms with van der Waals surface area (Å²) in [5, 5.41) is 4.65. The maximum absolute atomic E-state index is 6.04. The lowest BCUT2D eigenvalue weighted by atomic mass is 10.3. The summed E-state index contributed by atoms with van der Waals surface area (Å²) in [4.78, 5) is 4.09. The van der Waals surface area contributed by atoms with E-state index in [1.807, 2.05) is 30.3 Å². The SMILES string of the molecule is Nc1ccc(Oc2ncn(-c3ccccc3)n2)c(Cl)c1. The second kappa shape index (κ2) is 5.22. The van der Waals surface area contributed by atoms with Crippen molar-refractivity contribution in [1.29, 1.82) is 0 Å². The summed E-state index contributed by atoms with van der Waals surface area (Å²) < 4.78 is 7.16. The third-order valence-electron chi connectivity index (χ3n) is 2.65. The molecule has 0 atom stereocenters. The summed E-state index contributed by atoms with van der Waals surface area (Å²) >= 11 is 6.04. The average Bonchev–Trinajstić information content (AvgIpc) is 2.92. The van der Waals surface area contributed by atoms with E-state index in [9.17, 15) is 0 Å². The fourth-order valence-electron chi connectivity index (χ4n) is 1.70. The van der Waals surface area contributed by atoms with Gasteiger partial charge in [0.1, 0.15) is 12.1 Å². The van der Waals surface area contributed by atoms with Crippen LogP contribution in [0.25, 0.3) is 5.69 Å². The van der Waals surface area contributed by atoms with Crippen LogP contribution in [0.1, 0.15) is 0 Å². The molecule has 1 heterocycles. The van der Waals surface area contributed by atoms with Crippen molar-refractivity contribution in [3.05, 3.63) is 59.9 Å². The number of ether oxygens (including phenoxy) is 1. The van der Waals surface area contributed by atoms with E-state index in [1.165, 1.54) is 0 Å². The van der Waals surface area contributed by atoms with Crippen LogP contribution in [0.3, 0.4) is 0 Å². The van der Waals surface area contributed by atoms with Gasteiger partial charge in [0.05, 0.1) is 10.7 Å². The van der Waals surface area contributed by atoms with Crippen LogP contribution < -0.4 is 10.5 Å². The van der Waals surface area contributed by atoms with E-state index < -0.39 is 0 Å². The standard InChI is InChI=1S/C14H11ClN4O/c15-12-8-10(16)6-7-13(12)20-14-17-9-19(18-14)11-4-2-1-3-5-11/h1-9H,16H2. The third-order valence-corrected chi connectivity index (χ3v) is 2.94. The zero-order valence-corrected chi connectivity index (χ0v) is 11.2. The van der Waals surface area contributed by atoms with Crippen LogP contribution in [0.4, 0.5) is 5.69 Å². The first-order chi connectivity index (χ1) is 9.72. The molecular weight excluding hydrogens is 276 g/mol. The monoisotopic (exact) mass is 286 g/mol. The fraction of sp³-hybridized carbons (Fsp3) is 0. The number of nitrogens with zero attached hydrogens (tertiary/aromatic N) is 3. The number of anilines is 1. The molecule has 0 aliphatic carbocycles. The number of hydrogen-bond acceptors (Lipinski definition) is 4. The lowest BCUT2D eigenvalue weighted by Gasteiger charge is -2.04. The summed E-state index contributed by atoms with van der Waals surface area (Å²) in [6, 6.07) is 14.9. The van der Waals surface area contributed by atoms with Gasteiger partial charge in [0.2, 0.25) is 0 Å². The molecule has 0 aliphatic rings. The number of aromatic nitrogens is 3. The molecule has 2 N–H and O–H groups in total. The summed E-state index contributed by atoms with van der Waals surface area (Å²) in [5.41, 5.74) is 7.10. The van der Waals surface area contributed by atoms with Gasteiger partial charge in [0, 0.05) is 5.69 Å². The molecule has 5 nitrogen and oxygen atoms in total. The molecule has 3 aromatic rings. The normalized spacial score (nSPS) is 10.4. The predicted molar refractivity (Wildman–Crippen MR) is 77.3 cm³/mol. The van der Waals surface area contributed by atoms with Gasteiger partial charge in [0.15, 0.2) is 0 Å². The molecule has 0 saturated carbocycles. The number of nitrogen functional groups attached to an aromatic ring is 1. The summed E-state index contributed by atoms with van der Waals surface area (Å²) in [7, 11) is 0. The molecule has 6 heteroatoms. The van der Waals surface area contributed by atoms with Gasteiger partial charge in [-0.1, -0.05) is 29.8 Å². The van der Waals surface area contributed by atoms with Crippen molar-refractivity contribution in [3.63, 3.8) is 0 Å². The number of rotatable bonds is 3. The minimum atomic E-state index is 0.223. The Kier molecular flexibility index (Phi) is 3.26. The molecule has 20 heavy (non-hydrogen) atoms. The van der Waals surface area contributed by atoms with E-state index in [1.54, 1.807) is 29.2 Å². The second-order valence-corrected chi connectivity index (χ2v) is 4.51. The smallest absolute Gasteiger partial charge is 0.341 e. The lowest BCUT2D eigenvalue weighted by Crippen LogP contribution is -1.95. The van der Waals surface area contributed by atoms with E-state index in [0.717, 1.165) is 5.69 Å². The van der Waals surface area contributed by atoms with Crippen molar-refractivity contribution in [2.24, 2.45) is 0 Å². The Balaban J connectivity index is 1.84. The highest BCUT2D eigenvalue weighted by atomic mass is 35.5. The number of benzene rings is 2. The Morgan fingerprint density at radius 1 is 1.10 bits per heavy atom. The average molecular weight is 287 g/mol. The van der Waals surface area contributed by atoms with Crippen LogP contribution >= 0.6 is 11.6 Å². The Morgan fingerprint density at radius 2 is 1.90 bits per heavy atom. The van der Waals surface area contributed by atoms with Gasteiger partial charge in [-0.3, -0.25) is 0 Å². The Bertz CT molecular complexity index is 727. The molecule has 3 rings (SSSR count). The first kappa shape index (κ1) is 12.5. The lowest BCUT2D eigenvalue weighted by molar-refractivity contribution is 0.442. The Hall–Kier alpha value is -2.53. The van der Waals surface area contributed by atoms with Crippen LogP contribution in [-0.2, 0) is 0 Å². The third kappa shape index (κ3) is 2.57. The van der Waals surface area contributed by atoms with Crippen molar-refractivity contribution in [2.75, 3.05) is 5.73 Å².